The average molecular weight is 440 g/mol. The van der Waals surface area contributed by atoms with E-state index in [-0.39, 0.29) is 52.5 Å². The quantitative estimate of drug-likeness (QED) is 0.322. The standard InChI is InChI=1S/C22H18ClN3O5/c1-31-18-7-4-13(9-15(18)23)24-16-6-5-14(10-17(16)26(29)30)25-21(27)19-11-2-3-12(8-11)20(19)22(25)28/h2-7,9-12,19-20,24H,8H2,1H3/t11-,12-,19-,20-/m0/s1. The van der Waals surface area contributed by atoms with Crippen LogP contribution in [0.3, 0.4) is 0 Å². The number of ether oxygens (including phenoxy) is 1. The molecule has 1 saturated carbocycles. The molecule has 2 bridgehead atoms. The summed E-state index contributed by atoms with van der Waals surface area (Å²) in [6, 6.07) is 9.22. The molecule has 1 N–H and O–H groups in total. The van der Waals surface area contributed by atoms with Crippen LogP contribution in [0, 0.1) is 33.8 Å². The van der Waals surface area contributed by atoms with Gasteiger partial charge in [0.1, 0.15) is 11.4 Å². The molecule has 2 amide bonds. The number of rotatable bonds is 5. The second-order valence-electron chi connectivity index (χ2n) is 7.94. The highest BCUT2D eigenvalue weighted by Gasteiger charge is 2.59. The molecule has 2 fully saturated rings. The maximum Gasteiger partial charge on any atom is 0.294 e. The van der Waals surface area contributed by atoms with Crippen LogP contribution in [-0.2, 0) is 9.59 Å². The Labute approximate surface area is 182 Å². The van der Waals surface area contributed by atoms with Crippen LogP contribution < -0.4 is 15.0 Å². The highest BCUT2D eigenvalue weighted by atomic mass is 35.5. The summed E-state index contributed by atoms with van der Waals surface area (Å²) in [6.45, 7) is 0. The third-order valence-corrected chi connectivity index (χ3v) is 6.63. The smallest absolute Gasteiger partial charge is 0.294 e. The van der Waals surface area contributed by atoms with E-state index in [1.165, 1.54) is 19.2 Å². The summed E-state index contributed by atoms with van der Waals surface area (Å²) >= 11 is 6.13. The van der Waals surface area contributed by atoms with Gasteiger partial charge in [-0.2, -0.15) is 0 Å². The molecule has 31 heavy (non-hydrogen) atoms. The van der Waals surface area contributed by atoms with Crippen molar-refractivity contribution in [2.24, 2.45) is 23.7 Å². The number of methoxy groups -OCH3 is 1. The molecule has 5 rings (SSSR count). The first-order chi connectivity index (χ1) is 14.9. The van der Waals surface area contributed by atoms with Crippen LogP contribution in [0.25, 0.3) is 0 Å². The lowest BCUT2D eigenvalue weighted by Crippen LogP contribution is -2.32. The van der Waals surface area contributed by atoms with Crippen LogP contribution in [0.2, 0.25) is 5.02 Å². The average Bonchev–Trinajstić information content (AvgIpc) is 3.42. The minimum Gasteiger partial charge on any atom is -0.495 e. The molecular weight excluding hydrogens is 422 g/mol. The van der Waals surface area contributed by atoms with Gasteiger partial charge in [-0.1, -0.05) is 23.8 Å². The molecule has 0 aromatic heterocycles. The Balaban J connectivity index is 1.46. The fraction of sp³-hybridized carbons (Fsp3) is 0.273. The van der Waals surface area contributed by atoms with Crippen molar-refractivity contribution >= 4 is 46.2 Å². The zero-order chi connectivity index (χ0) is 21.9. The molecule has 1 heterocycles. The molecule has 2 aromatic rings. The molecule has 158 valence electrons. The predicted molar refractivity (Wildman–Crippen MR) is 115 cm³/mol. The van der Waals surface area contributed by atoms with Gasteiger partial charge in [0.05, 0.1) is 34.6 Å². The molecule has 2 aliphatic carbocycles. The summed E-state index contributed by atoms with van der Waals surface area (Å²) in [5.41, 5.74) is 0.722. The Kier molecular flexibility index (Phi) is 4.48. The van der Waals surface area contributed by atoms with Crippen molar-refractivity contribution in [3.8, 4) is 5.75 Å². The maximum absolute atomic E-state index is 13.0. The first-order valence-corrected chi connectivity index (χ1v) is 10.2. The van der Waals surface area contributed by atoms with Crippen LogP contribution in [0.5, 0.6) is 5.75 Å². The number of amides is 2. The van der Waals surface area contributed by atoms with Crippen molar-refractivity contribution in [2.45, 2.75) is 6.42 Å². The van der Waals surface area contributed by atoms with Gasteiger partial charge < -0.3 is 10.1 Å². The highest BCUT2D eigenvalue weighted by Crippen LogP contribution is 2.53. The van der Waals surface area contributed by atoms with Crippen LogP contribution >= 0.6 is 11.6 Å². The lowest BCUT2D eigenvalue weighted by atomic mass is 9.85. The van der Waals surface area contributed by atoms with Gasteiger partial charge in [0.15, 0.2) is 0 Å². The van der Waals surface area contributed by atoms with Crippen LogP contribution in [0.1, 0.15) is 6.42 Å². The SMILES string of the molecule is COc1ccc(Nc2ccc(N3C(=O)[C@@H]4[C@@H](C3=O)[C@H]3C=C[C@H]4C3)cc2[N+](=O)[O-])cc1Cl. The van der Waals surface area contributed by atoms with Gasteiger partial charge in [-0.05, 0) is 48.6 Å². The maximum atomic E-state index is 13.0. The van der Waals surface area contributed by atoms with E-state index in [9.17, 15) is 19.7 Å². The van der Waals surface area contributed by atoms with Crippen molar-refractivity contribution < 1.29 is 19.2 Å². The van der Waals surface area contributed by atoms with Crippen LogP contribution in [-0.4, -0.2) is 23.8 Å². The predicted octanol–water partition coefficient (Wildman–Crippen LogP) is 4.31. The number of anilines is 3. The number of carbonyl (C=O) groups is 2. The van der Waals surface area contributed by atoms with E-state index < -0.39 is 4.92 Å². The molecule has 0 unspecified atom stereocenters. The van der Waals surface area contributed by atoms with Gasteiger partial charge in [0.2, 0.25) is 11.8 Å². The monoisotopic (exact) mass is 439 g/mol. The van der Waals surface area contributed by atoms with E-state index in [0.29, 0.717) is 16.5 Å². The molecular formula is C22H18ClN3O5. The minimum absolute atomic E-state index is 0.0761. The van der Waals surface area contributed by atoms with Crippen molar-refractivity contribution in [3.05, 3.63) is 63.7 Å². The van der Waals surface area contributed by atoms with E-state index in [1.807, 2.05) is 12.2 Å². The van der Waals surface area contributed by atoms with E-state index in [1.54, 1.807) is 24.3 Å². The Hall–Kier alpha value is -3.39. The van der Waals surface area contributed by atoms with Gasteiger partial charge in [0.25, 0.3) is 5.69 Å². The Morgan fingerprint density at radius 3 is 2.35 bits per heavy atom. The number of benzene rings is 2. The Bertz CT molecular complexity index is 1130. The van der Waals surface area contributed by atoms with Crippen molar-refractivity contribution in [3.63, 3.8) is 0 Å². The molecule has 1 aliphatic heterocycles. The number of carbonyl (C=O) groups excluding carboxylic acids is 2. The van der Waals surface area contributed by atoms with Gasteiger partial charge in [0, 0.05) is 11.8 Å². The molecule has 2 aromatic carbocycles. The summed E-state index contributed by atoms with van der Waals surface area (Å²) in [4.78, 5) is 38.3. The number of allylic oxidation sites excluding steroid dienone is 2. The Morgan fingerprint density at radius 2 is 1.77 bits per heavy atom. The summed E-state index contributed by atoms with van der Waals surface area (Å²) in [6.07, 6.45) is 4.85. The van der Waals surface area contributed by atoms with Gasteiger partial charge in [-0.25, -0.2) is 4.90 Å². The third kappa shape index (κ3) is 2.97. The summed E-state index contributed by atoms with van der Waals surface area (Å²) in [5, 5.41) is 15.1. The molecule has 1 saturated heterocycles. The summed E-state index contributed by atoms with van der Waals surface area (Å²) in [5.74, 6) is -0.634. The van der Waals surface area contributed by atoms with Gasteiger partial charge in [-0.15, -0.1) is 0 Å². The number of hydrogen-bond acceptors (Lipinski definition) is 6. The Morgan fingerprint density at radius 1 is 1.10 bits per heavy atom. The zero-order valence-corrected chi connectivity index (χ0v) is 17.2. The highest BCUT2D eigenvalue weighted by molar-refractivity contribution is 6.32. The number of hydrogen-bond donors (Lipinski definition) is 1. The topological polar surface area (TPSA) is 102 Å². The number of nitrogens with one attached hydrogen (secondary N) is 1. The van der Waals surface area contributed by atoms with E-state index in [0.717, 1.165) is 11.3 Å². The number of nitro benzene ring substituents is 1. The van der Waals surface area contributed by atoms with Gasteiger partial charge in [-0.3, -0.25) is 19.7 Å². The number of imide groups is 1. The number of nitro groups is 1. The first-order valence-electron chi connectivity index (χ1n) is 9.84. The zero-order valence-electron chi connectivity index (χ0n) is 16.4. The second-order valence-corrected chi connectivity index (χ2v) is 8.35. The summed E-state index contributed by atoms with van der Waals surface area (Å²) in [7, 11) is 1.49. The molecule has 4 atom stereocenters. The fourth-order valence-corrected chi connectivity index (χ4v) is 5.23. The molecule has 0 radical (unpaired) electrons. The van der Waals surface area contributed by atoms with Gasteiger partial charge >= 0.3 is 0 Å². The number of nitrogens with zero attached hydrogens (tertiary/aromatic N) is 2. The second kappa shape index (κ2) is 7.09. The normalized spacial score (nSPS) is 25.8. The first kappa shape index (κ1) is 19.6. The molecule has 3 aliphatic rings. The third-order valence-electron chi connectivity index (χ3n) is 6.34. The van der Waals surface area contributed by atoms with Crippen molar-refractivity contribution in [2.75, 3.05) is 17.3 Å². The number of halogens is 1. The minimum atomic E-state index is -0.548. The molecule has 9 heteroatoms. The van der Waals surface area contributed by atoms with E-state index in [2.05, 4.69) is 5.32 Å². The van der Waals surface area contributed by atoms with E-state index >= 15 is 0 Å². The lowest BCUT2D eigenvalue weighted by molar-refractivity contribution is -0.383. The lowest BCUT2D eigenvalue weighted by Gasteiger charge is -2.18. The molecule has 8 nitrogen and oxygen atoms in total. The molecule has 0 spiro atoms. The summed E-state index contributed by atoms with van der Waals surface area (Å²) < 4.78 is 5.11. The van der Waals surface area contributed by atoms with Crippen molar-refractivity contribution in [1.82, 2.24) is 0 Å². The van der Waals surface area contributed by atoms with Crippen LogP contribution in [0.15, 0.2) is 48.6 Å². The number of fused-ring (bicyclic) bond motifs is 5. The fourth-order valence-electron chi connectivity index (χ4n) is 4.97. The largest absolute Gasteiger partial charge is 0.495 e. The van der Waals surface area contributed by atoms with E-state index in [4.69, 9.17) is 16.3 Å². The van der Waals surface area contributed by atoms with Crippen LogP contribution in [0.4, 0.5) is 22.7 Å². The van der Waals surface area contributed by atoms with Crippen molar-refractivity contribution in [1.29, 1.82) is 0 Å².